The molecular formula is C11H13N3O3. The summed E-state index contributed by atoms with van der Waals surface area (Å²) in [6.45, 7) is 1.16. The van der Waals surface area contributed by atoms with Gasteiger partial charge >= 0.3 is 0 Å². The molecule has 0 aliphatic carbocycles. The molecule has 0 unspecified atom stereocenters. The van der Waals surface area contributed by atoms with Crippen molar-refractivity contribution in [3.8, 4) is 0 Å². The molecule has 0 aromatic carbocycles. The number of nitrogens with one attached hydrogen (secondary N) is 1. The molecule has 90 valence electrons. The zero-order chi connectivity index (χ0) is 12.1. The van der Waals surface area contributed by atoms with Crippen LogP contribution in [0.25, 0.3) is 11.0 Å². The molecule has 0 saturated heterocycles. The number of pyridine rings is 1. The molecule has 0 aliphatic heterocycles. The van der Waals surface area contributed by atoms with E-state index in [0.29, 0.717) is 24.1 Å². The topological polar surface area (TPSA) is 77.2 Å². The number of rotatable bonds is 5. The Labute approximate surface area is 97.9 Å². The number of methoxy groups -OCH3 is 1. The van der Waals surface area contributed by atoms with Crippen LogP contribution < -0.4 is 5.32 Å². The molecule has 6 heteroatoms. The first-order valence-corrected chi connectivity index (χ1v) is 5.29. The highest BCUT2D eigenvalue weighted by Crippen LogP contribution is 2.15. The summed E-state index contributed by atoms with van der Waals surface area (Å²) in [5, 5.41) is 7.10. The lowest BCUT2D eigenvalue weighted by Gasteiger charge is -2.01. The minimum atomic E-state index is -0.257. The first kappa shape index (κ1) is 11.5. The highest BCUT2D eigenvalue weighted by atomic mass is 16.5. The molecule has 0 spiro atoms. The average molecular weight is 235 g/mol. The summed E-state index contributed by atoms with van der Waals surface area (Å²) in [4.78, 5) is 15.7. The van der Waals surface area contributed by atoms with Crippen molar-refractivity contribution in [3.05, 3.63) is 24.2 Å². The molecule has 2 heterocycles. The number of ether oxygens (including phenoxy) is 1. The number of carbonyl (C=O) groups is 1. The van der Waals surface area contributed by atoms with Crippen molar-refractivity contribution in [2.75, 3.05) is 20.3 Å². The third kappa shape index (κ3) is 2.59. The van der Waals surface area contributed by atoms with Gasteiger partial charge in [-0.1, -0.05) is 5.16 Å². The molecule has 0 bridgehead atoms. The van der Waals surface area contributed by atoms with Crippen molar-refractivity contribution >= 4 is 16.9 Å². The molecule has 17 heavy (non-hydrogen) atoms. The van der Waals surface area contributed by atoms with Gasteiger partial charge in [0.2, 0.25) is 0 Å². The van der Waals surface area contributed by atoms with Crippen molar-refractivity contribution < 1.29 is 14.1 Å². The molecule has 0 atom stereocenters. The third-order valence-corrected chi connectivity index (χ3v) is 2.30. The molecule has 1 N–H and O–H groups in total. The van der Waals surface area contributed by atoms with Crippen LogP contribution in [0.2, 0.25) is 0 Å². The summed E-state index contributed by atoms with van der Waals surface area (Å²) >= 11 is 0. The lowest BCUT2D eigenvalue weighted by atomic mass is 10.2. The first-order chi connectivity index (χ1) is 8.33. The highest BCUT2D eigenvalue weighted by molar-refractivity contribution is 6.03. The van der Waals surface area contributed by atoms with Gasteiger partial charge in [0.25, 0.3) is 5.91 Å². The summed E-state index contributed by atoms with van der Waals surface area (Å²) in [6, 6.07) is 1.67. The number of carbonyl (C=O) groups excluding carboxylic acids is 1. The van der Waals surface area contributed by atoms with Crippen LogP contribution in [0.1, 0.15) is 16.9 Å². The lowest BCUT2D eigenvalue weighted by Crippen LogP contribution is -2.25. The van der Waals surface area contributed by atoms with Crippen molar-refractivity contribution in [3.63, 3.8) is 0 Å². The first-order valence-electron chi connectivity index (χ1n) is 5.29. The fraction of sp³-hybridized carbons (Fsp3) is 0.364. The van der Waals surface area contributed by atoms with Crippen LogP contribution in [0.15, 0.2) is 23.0 Å². The van der Waals surface area contributed by atoms with Crippen LogP contribution in [0.5, 0.6) is 0 Å². The Morgan fingerprint density at radius 3 is 3.29 bits per heavy atom. The highest BCUT2D eigenvalue weighted by Gasteiger charge is 2.15. The molecule has 0 fully saturated rings. The summed E-state index contributed by atoms with van der Waals surface area (Å²) < 4.78 is 9.91. The lowest BCUT2D eigenvalue weighted by molar-refractivity contribution is 0.0941. The summed E-state index contributed by atoms with van der Waals surface area (Å²) in [7, 11) is 1.62. The molecule has 1 amide bonds. The fourth-order valence-electron chi connectivity index (χ4n) is 1.45. The maximum Gasteiger partial charge on any atom is 0.274 e. The SMILES string of the molecule is COCCCNC(=O)c1noc2ccncc12. The van der Waals surface area contributed by atoms with E-state index in [2.05, 4.69) is 15.5 Å². The van der Waals surface area contributed by atoms with Gasteiger partial charge in [0, 0.05) is 38.7 Å². The van der Waals surface area contributed by atoms with Crippen molar-refractivity contribution in [2.45, 2.75) is 6.42 Å². The Hall–Kier alpha value is -1.95. The number of hydrogen-bond acceptors (Lipinski definition) is 5. The van der Waals surface area contributed by atoms with E-state index in [-0.39, 0.29) is 11.6 Å². The molecule has 0 aliphatic rings. The summed E-state index contributed by atoms with van der Waals surface area (Å²) in [6.07, 6.45) is 3.92. The van der Waals surface area contributed by atoms with Gasteiger partial charge in [-0.2, -0.15) is 0 Å². The van der Waals surface area contributed by atoms with E-state index >= 15 is 0 Å². The average Bonchev–Trinajstić information content (AvgIpc) is 2.78. The van der Waals surface area contributed by atoms with Gasteiger partial charge in [-0.3, -0.25) is 9.78 Å². The van der Waals surface area contributed by atoms with Crippen LogP contribution in [-0.4, -0.2) is 36.3 Å². The maximum atomic E-state index is 11.8. The van der Waals surface area contributed by atoms with E-state index in [1.54, 1.807) is 25.6 Å². The monoisotopic (exact) mass is 235 g/mol. The van der Waals surface area contributed by atoms with Crippen molar-refractivity contribution in [1.29, 1.82) is 0 Å². The van der Waals surface area contributed by atoms with Gasteiger partial charge in [0.1, 0.15) is 0 Å². The van der Waals surface area contributed by atoms with Crippen LogP contribution in [-0.2, 0) is 4.74 Å². The number of nitrogens with zero attached hydrogens (tertiary/aromatic N) is 2. The van der Waals surface area contributed by atoms with Gasteiger partial charge < -0.3 is 14.6 Å². The normalized spacial score (nSPS) is 10.6. The van der Waals surface area contributed by atoms with Gasteiger partial charge in [0.05, 0.1) is 5.39 Å². The maximum absolute atomic E-state index is 11.8. The molecule has 0 saturated carbocycles. The molecule has 2 aromatic rings. The van der Waals surface area contributed by atoms with E-state index in [9.17, 15) is 4.79 Å². The van der Waals surface area contributed by atoms with Gasteiger partial charge in [-0.05, 0) is 6.42 Å². The van der Waals surface area contributed by atoms with Crippen LogP contribution in [0.3, 0.4) is 0 Å². The van der Waals surface area contributed by atoms with E-state index in [4.69, 9.17) is 9.26 Å². The minimum absolute atomic E-state index is 0.257. The second kappa shape index (κ2) is 5.40. The molecule has 0 radical (unpaired) electrons. The summed E-state index contributed by atoms with van der Waals surface area (Å²) in [5.74, 6) is -0.257. The van der Waals surface area contributed by atoms with Crippen LogP contribution >= 0.6 is 0 Å². The van der Waals surface area contributed by atoms with E-state index < -0.39 is 0 Å². The fourth-order valence-corrected chi connectivity index (χ4v) is 1.45. The predicted molar refractivity (Wildman–Crippen MR) is 60.6 cm³/mol. The molecule has 2 aromatic heterocycles. The quantitative estimate of drug-likeness (QED) is 0.782. The Balaban J connectivity index is 2.04. The largest absolute Gasteiger partial charge is 0.385 e. The van der Waals surface area contributed by atoms with E-state index in [1.807, 2.05) is 0 Å². The summed E-state index contributed by atoms with van der Waals surface area (Å²) in [5.41, 5.74) is 0.826. The number of hydrogen-bond donors (Lipinski definition) is 1. The number of amides is 1. The second-order valence-electron chi connectivity index (χ2n) is 3.51. The Kier molecular flexibility index (Phi) is 3.66. The van der Waals surface area contributed by atoms with Gasteiger partial charge in [-0.25, -0.2) is 0 Å². The zero-order valence-corrected chi connectivity index (χ0v) is 9.47. The van der Waals surface area contributed by atoms with Crippen LogP contribution in [0.4, 0.5) is 0 Å². The number of fused-ring (bicyclic) bond motifs is 1. The second-order valence-corrected chi connectivity index (χ2v) is 3.51. The Bertz CT molecular complexity index is 509. The standard InChI is InChI=1S/C11H13N3O3/c1-16-6-2-4-13-11(15)10-8-7-12-5-3-9(8)17-14-10/h3,5,7H,2,4,6H2,1H3,(H,13,15). The number of aromatic nitrogens is 2. The van der Waals surface area contributed by atoms with Crippen molar-refractivity contribution in [1.82, 2.24) is 15.5 Å². The molecular weight excluding hydrogens is 222 g/mol. The van der Waals surface area contributed by atoms with E-state index in [0.717, 1.165) is 6.42 Å². The van der Waals surface area contributed by atoms with Crippen LogP contribution in [0, 0.1) is 0 Å². The van der Waals surface area contributed by atoms with E-state index in [1.165, 1.54) is 0 Å². The predicted octanol–water partition coefficient (Wildman–Crippen LogP) is 0.989. The van der Waals surface area contributed by atoms with Gasteiger partial charge in [-0.15, -0.1) is 0 Å². The molecule has 6 nitrogen and oxygen atoms in total. The molecule has 2 rings (SSSR count). The van der Waals surface area contributed by atoms with Crippen molar-refractivity contribution in [2.24, 2.45) is 0 Å². The minimum Gasteiger partial charge on any atom is -0.385 e. The zero-order valence-electron chi connectivity index (χ0n) is 9.47. The smallest absolute Gasteiger partial charge is 0.274 e. The van der Waals surface area contributed by atoms with Gasteiger partial charge in [0.15, 0.2) is 11.3 Å². The Morgan fingerprint density at radius 1 is 1.59 bits per heavy atom. The Morgan fingerprint density at radius 2 is 2.47 bits per heavy atom. The third-order valence-electron chi connectivity index (χ3n) is 2.30.